The number of carbonyl (C=O) groups excluding carboxylic acids is 1. The van der Waals surface area contributed by atoms with Crippen molar-refractivity contribution in [1.29, 1.82) is 0 Å². The zero-order chi connectivity index (χ0) is 18.4. The van der Waals surface area contributed by atoms with Gasteiger partial charge in [0.1, 0.15) is 17.5 Å². The molecule has 1 aromatic heterocycles. The zero-order valence-electron chi connectivity index (χ0n) is 14.3. The molecule has 0 aliphatic carbocycles. The number of hydrogen-bond acceptors (Lipinski definition) is 5. The smallest absolute Gasteiger partial charge is 0.245 e. The molecule has 0 aliphatic heterocycles. The summed E-state index contributed by atoms with van der Waals surface area (Å²) in [7, 11) is 1.59. The van der Waals surface area contributed by atoms with E-state index in [4.69, 9.17) is 15.2 Å². The zero-order valence-corrected chi connectivity index (χ0v) is 14.3. The third-order valence-corrected chi connectivity index (χ3v) is 3.71. The molecule has 1 atom stereocenters. The van der Waals surface area contributed by atoms with Crippen LogP contribution in [0.25, 0.3) is 0 Å². The molecule has 0 spiro atoms. The maximum Gasteiger partial charge on any atom is 0.245 e. The first-order valence-electron chi connectivity index (χ1n) is 8.05. The van der Waals surface area contributed by atoms with Crippen molar-refractivity contribution < 1.29 is 14.3 Å². The molecular formula is C20H19N3O3. The molecule has 0 fully saturated rings. The Bertz CT molecular complexity index is 867. The van der Waals surface area contributed by atoms with Crippen molar-refractivity contribution >= 4 is 11.6 Å². The minimum absolute atomic E-state index is 0.306. The number of nitrogens with two attached hydrogens (primary N) is 1. The number of ether oxygens (including phenoxy) is 2. The lowest BCUT2D eigenvalue weighted by atomic mass is 10.1. The van der Waals surface area contributed by atoms with Crippen LogP contribution in [0.2, 0.25) is 0 Å². The van der Waals surface area contributed by atoms with Crippen LogP contribution in [-0.4, -0.2) is 18.0 Å². The van der Waals surface area contributed by atoms with Crippen molar-refractivity contribution in [3.63, 3.8) is 0 Å². The summed E-state index contributed by atoms with van der Waals surface area (Å²) in [6, 6.07) is 19.0. The average Bonchev–Trinajstić information content (AvgIpc) is 2.69. The number of nitrogens with zero attached hydrogens (tertiary/aromatic N) is 1. The van der Waals surface area contributed by atoms with Gasteiger partial charge in [0.2, 0.25) is 11.8 Å². The van der Waals surface area contributed by atoms with E-state index in [2.05, 4.69) is 10.3 Å². The molecule has 6 nitrogen and oxygen atoms in total. The third-order valence-electron chi connectivity index (χ3n) is 3.71. The minimum atomic E-state index is -0.746. The van der Waals surface area contributed by atoms with E-state index in [0.717, 1.165) is 5.56 Å². The van der Waals surface area contributed by atoms with Crippen LogP contribution >= 0.6 is 0 Å². The number of rotatable bonds is 6. The summed E-state index contributed by atoms with van der Waals surface area (Å²) < 4.78 is 10.8. The fourth-order valence-corrected chi connectivity index (χ4v) is 2.33. The van der Waals surface area contributed by atoms with Gasteiger partial charge >= 0.3 is 0 Å². The lowest BCUT2D eigenvalue weighted by molar-refractivity contribution is -0.117. The summed E-state index contributed by atoms with van der Waals surface area (Å²) in [4.78, 5) is 16.4. The second-order valence-corrected chi connectivity index (χ2v) is 5.54. The standard InChI is InChI=1S/C20H19N3O3/c1-25-16-8-5-9-17(12-16)26-18-11-10-15(13-22-18)23-20(24)19(21)14-6-3-2-4-7-14/h2-13,19H,21H2,1H3,(H,23,24). The van der Waals surface area contributed by atoms with Gasteiger partial charge in [0, 0.05) is 12.1 Å². The van der Waals surface area contributed by atoms with Gasteiger partial charge in [0.25, 0.3) is 0 Å². The fraction of sp³-hybridized carbons (Fsp3) is 0.100. The first kappa shape index (κ1) is 17.4. The van der Waals surface area contributed by atoms with Crippen LogP contribution in [0, 0.1) is 0 Å². The van der Waals surface area contributed by atoms with Crippen LogP contribution < -0.4 is 20.5 Å². The van der Waals surface area contributed by atoms with Crippen LogP contribution in [0.1, 0.15) is 11.6 Å². The molecule has 0 bridgehead atoms. The molecule has 2 aromatic carbocycles. The molecule has 3 N–H and O–H groups in total. The van der Waals surface area contributed by atoms with E-state index >= 15 is 0 Å². The molecule has 1 amide bonds. The summed E-state index contributed by atoms with van der Waals surface area (Å²) in [5.74, 6) is 1.41. The summed E-state index contributed by atoms with van der Waals surface area (Å²) in [5, 5.41) is 2.75. The number of amides is 1. The monoisotopic (exact) mass is 349 g/mol. The molecule has 3 rings (SSSR count). The Morgan fingerprint density at radius 2 is 1.81 bits per heavy atom. The number of anilines is 1. The van der Waals surface area contributed by atoms with Crippen LogP contribution in [0.4, 0.5) is 5.69 Å². The van der Waals surface area contributed by atoms with E-state index in [1.807, 2.05) is 42.5 Å². The molecular weight excluding hydrogens is 330 g/mol. The van der Waals surface area contributed by atoms with Gasteiger partial charge in [-0.3, -0.25) is 4.79 Å². The van der Waals surface area contributed by atoms with Gasteiger partial charge in [-0.2, -0.15) is 0 Å². The van der Waals surface area contributed by atoms with E-state index in [1.165, 1.54) is 6.20 Å². The summed E-state index contributed by atoms with van der Waals surface area (Å²) in [6.45, 7) is 0. The molecule has 0 radical (unpaired) electrons. The Balaban J connectivity index is 1.63. The van der Waals surface area contributed by atoms with Crippen molar-refractivity contribution in [2.45, 2.75) is 6.04 Å². The molecule has 26 heavy (non-hydrogen) atoms. The van der Waals surface area contributed by atoms with E-state index in [0.29, 0.717) is 23.1 Å². The Hall–Kier alpha value is -3.38. The summed E-state index contributed by atoms with van der Waals surface area (Å²) in [6.07, 6.45) is 1.52. The van der Waals surface area contributed by atoms with Gasteiger partial charge in [0.15, 0.2) is 0 Å². The lowest BCUT2D eigenvalue weighted by Crippen LogP contribution is -2.27. The fourth-order valence-electron chi connectivity index (χ4n) is 2.33. The van der Waals surface area contributed by atoms with E-state index in [9.17, 15) is 4.79 Å². The van der Waals surface area contributed by atoms with Gasteiger partial charge in [-0.1, -0.05) is 36.4 Å². The van der Waals surface area contributed by atoms with Gasteiger partial charge < -0.3 is 20.5 Å². The quantitative estimate of drug-likeness (QED) is 0.711. The minimum Gasteiger partial charge on any atom is -0.497 e. The van der Waals surface area contributed by atoms with Crippen LogP contribution in [-0.2, 0) is 4.79 Å². The van der Waals surface area contributed by atoms with E-state index < -0.39 is 6.04 Å². The maximum atomic E-state index is 12.3. The highest BCUT2D eigenvalue weighted by Crippen LogP contribution is 2.24. The van der Waals surface area contributed by atoms with Gasteiger partial charge in [0.05, 0.1) is 19.0 Å². The van der Waals surface area contributed by atoms with Gasteiger partial charge in [-0.25, -0.2) is 4.98 Å². The first-order chi connectivity index (χ1) is 12.7. The maximum absolute atomic E-state index is 12.3. The predicted molar refractivity (Wildman–Crippen MR) is 99.3 cm³/mol. The Kier molecular flexibility index (Phi) is 5.46. The number of pyridine rings is 1. The Labute approximate surface area is 151 Å². The number of nitrogens with one attached hydrogen (secondary N) is 1. The summed E-state index contributed by atoms with van der Waals surface area (Å²) >= 11 is 0. The second kappa shape index (κ2) is 8.13. The first-order valence-corrected chi connectivity index (χ1v) is 8.05. The molecule has 3 aromatic rings. The molecule has 132 valence electrons. The number of benzene rings is 2. The Morgan fingerprint density at radius 1 is 1.04 bits per heavy atom. The molecule has 6 heteroatoms. The molecule has 0 saturated heterocycles. The topological polar surface area (TPSA) is 86.5 Å². The van der Waals surface area contributed by atoms with Crippen LogP contribution in [0.3, 0.4) is 0 Å². The number of carbonyl (C=O) groups is 1. The van der Waals surface area contributed by atoms with Crippen molar-refractivity contribution in [1.82, 2.24) is 4.98 Å². The highest BCUT2D eigenvalue weighted by Gasteiger charge is 2.15. The highest BCUT2D eigenvalue weighted by atomic mass is 16.5. The molecule has 0 aliphatic rings. The lowest BCUT2D eigenvalue weighted by Gasteiger charge is -2.12. The normalized spacial score (nSPS) is 11.5. The van der Waals surface area contributed by atoms with Gasteiger partial charge in [-0.05, 0) is 23.8 Å². The largest absolute Gasteiger partial charge is 0.497 e. The van der Waals surface area contributed by atoms with Crippen molar-refractivity contribution in [3.05, 3.63) is 78.5 Å². The number of aromatic nitrogens is 1. The van der Waals surface area contributed by atoms with E-state index in [-0.39, 0.29) is 5.91 Å². The van der Waals surface area contributed by atoms with Crippen molar-refractivity contribution in [2.75, 3.05) is 12.4 Å². The molecule has 1 unspecified atom stereocenters. The highest BCUT2D eigenvalue weighted by molar-refractivity contribution is 5.95. The summed E-state index contributed by atoms with van der Waals surface area (Å²) in [5.41, 5.74) is 7.26. The second-order valence-electron chi connectivity index (χ2n) is 5.54. The number of methoxy groups -OCH3 is 1. The average molecular weight is 349 g/mol. The molecule has 1 heterocycles. The third kappa shape index (κ3) is 4.37. The molecule has 0 saturated carbocycles. The number of hydrogen-bond donors (Lipinski definition) is 2. The predicted octanol–water partition coefficient (Wildman–Crippen LogP) is 3.52. The van der Waals surface area contributed by atoms with Crippen molar-refractivity contribution in [2.24, 2.45) is 5.73 Å². The SMILES string of the molecule is COc1cccc(Oc2ccc(NC(=O)C(N)c3ccccc3)cn2)c1. The van der Waals surface area contributed by atoms with Crippen LogP contribution in [0.15, 0.2) is 72.9 Å². The van der Waals surface area contributed by atoms with Crippen molar-refractivity contribution in [3.8, 4) is 17.4 Å². The van der Waals surface area contributed by atoms with Gasteiger partial charge in [-0.15, -0.1) is 0 Å². The van der Waals surface area contributed by atoms with E-state index in [1.54, 1.807) is 31.4 Å². The van der Waals surface area contributed by atoms with Crippen LogP contribution in [0.5, 0.6) is 17.4 Å². The Morgan fingerprint density at radius 3 is 2.50 bits per heavy atom.